The first-order chi connectivity index (χ1) is 16.1. The number of aromatic nitrogens is 2. The molecule has 2 aromatic heterocycles. The van der Waals surface area contributed by atoms with E-state index < -0.39 is 0 Å². The molecular formula is C25H34N6O2. The fraction of sp³-hybridized carbons (Fsp3) is 0.520. The second-order valence-corrected chi connectivity index (χ2v) is 9.05. The Morgan fingerprint density at radius 2 is 1.88 bits per heavy atom. The summed E-state index contributed by atoms with van der Waals surface area (Å²) in [5.41, 5.74) is 8.71. The highest BCUT2D eigenvalue weighted by atomic mass is 16.6. The molecule has 0 unspecified atom stereocenters. The maximum absolute atomic E-state index is 13.1. The van der Waals surface area contributed by atoms with E-state index in [1.165, 1.54) is 5.56 Å². The summed E-state index contributed by atoms with van der Waals surface area (Å²) in [7, 11) is 1.57. The first kappa shape index (κ1) is 23.2. The number of nitrogens with zero attached hydrogens (tertiary/aromatic N) is 5. The Kier molecular flexibility index (Phi) is 7.88. The smallest absolute Gasteiger partial charge is 0.225 e. The van der Waals surface area contributed by atoms with E-state index in [0.29, 0.717) is 17.6 Å². The first-order valence-corrected chi connectivity index (χ1v) is 11.9. The van der Waals surface area contributed by atoms with E-state index in [0.717, 1.165) is 76.2 Å². The molecule has 0 atom stereocenters. The average molecular weight is 451 g/mol. The van der Waals surface area contributed by atoms with Gasteiger partial charge in [-0.05, 0) is 80.9 Å². The van der Waals surface area contributed by atoms with Gasteiger partial charge in [-0.2, -0.15) is 0 Å². The van der Waals surface area contributed by atoms with Crippen LogP contribution in [-0.2, 0) is 16.2 Å². The van der Waals surface area contributed by atoms with E-state index in [-0.39, 0.29) is 5.92 Å². The highest BCUT2D eigenvalue weighted by Crippen LogP contribution is 2.27. The Bertz CT molecular complexity index is 935. The molecule has 33 heavy (non-hydrogen) atoms. The van der Waals surface area contributed by atoms with Crippen molar-refractivity contribution in [3.8, 4) is 0 Å². The number of hydrogen-bond donors (Lipinski definition) is 1. The zero-order valence-electron chi connectivity index (χ0n) is 19.4. The van der Waals surface area contributed by atoms with Crippen LogP contribution in [0.1, 0.15) is 43.4 Å². The van der Waals surface area contributed by atoms with Crippen LogP contribution in [0.15, 0.2) is 47.9 Å². The van der Waals surface area contributed by atoms with E-state index in [4.69, 9.17) is 10.6 Å². The molecule has 4 heterocycles. The van der Waals surface area contributed by atoms with Gasteiger partial charge in [0.05, 0.1) is 5.69 Å². The summed E-state index contributed by atoms with van der Waals surface area (Å²) in [4.78, 5) is 31.2. The second-order valence-electron chi connectivity index (χ2n) is 9.05. The number of nitrogens with two attached hydrogens (primary N) is 1. The molecule has 2 aliphatic rings. The van der Waals surface area contributed by atoms with E-state index in [1.54, 1.807) is 19.5 Å². The van der Waals surface area contributed by atoms with Crippen molar-refractivity contribution < 1.29 is 9.63 Å². The zero-order chi connectivity index (χ0) is 23.0. The number of likely N-dealkylation sites (tertiary alicyclic amines) is 2. The average Bonchev–Trinajstić information content (AvgIpc) is 2.85. The predicted molar refractivity (Wildman–Crippen MR) is 128 cm³/mol. The Balaban J connectivity index is 1.23. The van der Waals surface area contributed by atoms with E-state index in [1.807, 2.05) is 30.3 Å². The van der Waals surface area contributed by atoms with Gasteiger partial charge in [0.25, 0.3) is 0 Å². The number of amides is 1. The Hall–Kier alpha value is -3.00. The van der Waals surface area contributed by atoms with Crippen molar-refractivity contribution in [2.75, 3.05) is 39.0 Å². The Morgan fingerprint density at radius 1 is 1.09 bits per heavy atom. The highest BCUT2D eigenvalue weighted by Gasteiger charge is 2.31. The third-order valence-corrected chi connectivity index (χ3v) is 6.76. The number of carbonyl (C=O) groups excluding carboxylic acids is 1. The van der Waals surface area contributed by atoms with Gasteiger partial charge in [0.15, 0.2) is 0 Å². The molecule has 2 saturated heterocycles. The van der Waals surface area contributed by atoms with Gasteiger partial charge in [-0.1, -0.05) is 11.2 Å². The molecule has 0 saturated carbocycles. The second kappa shape index (κ2) is 11.2. The fourth-order valence-electron chi connectivity index (χ4n) is 4.91. The minimum absolute atomic E-state index is 0.138. The van der Waals surface area contributed by atoms with Crippen molar-refractivity contribution in [2.24, 2.45) is 17.0 Å². The van der Waals surface area contributed by atoms with Gasteiger partial charge in [-0.3, -0.25) is 14.7 Å². The minimum Gasteiger partial charge on any atom is -0.399 e. The van der Waals surface area contributed by atoms with Crippen LogP contribution < -0.4 is 5.73 Å². The molecule has 0 aromatic carbocycles. The quantitative estimate of drug-likeness (QED) is 0.515. The molecule has 0 aliphatic carbocycles. The lowest BCUT2D eigenvalue weighted by Crippen LogP contribution is -2.45. The molecule has 2 fully saturated rings. The van der Waals surface area contributed by atoms with Gasteiger partial charge in [0.1, 0.15) is 18.6 Å². The van der Waals surface area contributed by atoms with Crippen LogP contribution in [0.5, 0.6) is 0 Å². The largest absolute Gasteiger partial charge is 0.399 e. The number of pyridine rings is 2. The van der Waals surface area contributed by atoms with Gasteiger partial charge in [0.2, 0.25) is 5.91 Å². The molecule has 176 valence electrons. The molecule has 1 amide bonds. The normalized spacial score (nSPS) is 18.9. The molecule has 0 bridgehead atoms. The van der Waals surface area contributed by atoms with Crippen molar-refractivity contribution in [3.63, 3.8) is 0 Å². The van der Waals surface area contributed by atoms with Gasteiger partial charge in [0, 0.05) is 37.9 Å². The van der Waals surface area contributed by atoms with E-state index in [9.17, 15) is 4.79 Å². The first-order valence-electron chi connectivity index (χ1n) is 11.9. The van der Waals surface area contributed by atoms with Crippen LogP contribution >= 0.6 is 0 Å². The van der Waals surface area contributed by atoms with Crippen LogP contribution in [0.4, 0.5) is 5.82 Å². The third-order valence-electron chi connectivity index (χ3n) is 6.76. The molecule has 2 aromatic rings. The standard InChI is InChI=1S/C25H34N6O2/c1-33-29-23(22-4-2-3-10-27-22)16-19-6-14-31(15-7-19)25(32)21-8-12-30(13-9-21)18-20-5-11-28-24(26)17-20/h2-5,10-11,17,19,21H,6-9,12-16,18H2,1H3,(H2,26,28)/b29-23-. The predicted octanol–water partition coefficient (Wildman–Crippen LogP) is 2.95. The number of anilines is 1. The molecule has 2 aliphatic heterocycles. The maximum atomic E-state index is 13.1. The van der Waals surface area contributed by atoms with Crippen LogP contribution in [-0.4, -0.2) is 64.7 Å². The van der Waals surface area contributed by atoms with Gasteiger partial charge in [-0.25, -0.2) is 4.98 Å². The van der Waals surface area contributed by atoms with Crippen molar-refractivity contribution in [3.05, 3.63) is 54.0 Å². The van der Waals surface area contributed by atoms with Crippen molar-refractivity contribution in [1.82, 2.24) is 19.8 Å². The summed E-state index contributed by atoms with van der Waals surface area (Å²) in [6.45, 7) is 4.39. The summed E-state index contributed by atoms with van der Waals surface area (Å²) in [5, 5.41) is 4.22. The van der Waals surface area contributed by atoms with Gasteiger partial charge in [-0.15, -0.1) is 0 Å². The Morgan fingerprint density at radius 3 is 2.55 bits per heavy atom. The minimum atomic E-state index is 0.138. The number of rotatable bonds is 7. The summed E-state index contributed by atoms with van der Waals surface area (Å²) in [6, 6.07) is 9.77. The summed E-state index contributed by atoms with van der Waals surface area (Å²) >= 11 is 0. The van der Waals surface area contributed by atoms with E-state index >= 15 is 0 Å². The van der Waals surface area contributed by atoms with Crippen LogP contribution in [0.25, 0.3) is 0 Å². The molecule has 8 heteroatoms. The Labute approximate surface area is 195 Å². The van der Waals surface area contributed by atoms with Crippen LogP contribution in [0.3, 0.4) is 0 Å². The van der Waals surface area contributed by atoms with Gasteiger partial charge >= 0.3 is 0 Å². The molecule has 4 rings (SSSR count). The number of nitrogen functional groups attached to an aromatic ring is 1. The molecular weight excluding hydrogens is 416 g/mol. The van der Waals surface area contributed by atoms with Crippen LogP contribution in [0.2, 0.25) is 0 Å². The maximum Gasteiger partial charge on any atom is 0.225 e. The number of hydrogen-bond acceptors (Lipinski definition) is 7. The number of carbonyl (C=O) groups is 1. The topological polar surface area (TPSA) is 96.9 Å². The van der Waals surface area contributed by atoms with E-state index in [2.05, 4.69) is 24.9 Å². The third kappa shape index (κ3) is 6.28. The molecule has 8 nitrogen and oxygen atoms in total. The summed E-state index contributed by atoms with van der Waals surface area (Å²) < 4.78 is 0. The summed E-state index contributed by atoms with van der Waals surface area (Å²) in [6.07, 6.45) is 8.18. The fourth-order valence-corrected chi connectivity index (χ4v) is 4.91. The lowest BCUT2D eigenvalue weighted by molar-refractivity contribution is -0.138. The summed E-state index contributed by atoms with van der Waals surface area (Å²) in [5.74, 6) is 1.51. The lowest BCUT2D eigenvalue weighted by atomic mass is 9.88. The van der Waals surface area contributed by atoms with Gasteiger partial charge < -0.3 is 15.5 Å². The molecule has 2 N–H and O–H groups in total. The van der Waals surface area contributed by atoms with Crippen molar-refractivity contribution in [1.29, 1.82) is 0 Å². The molecule has 0 radical (unpaired) electrons. The molecule has 0 spiro atoms. The van der Waals surface area contributed by atoms with Crippen molar-refractivity contribution >= 4 is 17.4 Å². The van der Waals surface area contributed by atoms with Crippen LogP contribution in [0, 0.1) is 11.8 Å². The monoisotopic (exact) mass is 450 g/mol. The highest BCUT2D eigenvalue weighted by molar-refractivity contribution is 5.98. The zero-order valence-corrected chi connectivity index (χ0v) is 19.4. The SMILES string of the molecule is CO/N=C(/CC1CCN(C(=O)C2CCN(Cc3ccnc(N)c3)CC2)CC1)c1ccccn1. The lowest BCUT2D eigenvalue weighted by Gasteiger charge is -2.37. The number of oxime groups is 1. The van der Waals surface area contributed by atoms with Crippen molar-refractivity contribution in [2.45, 2.75) is 38.6 Å². The number of piperidine rings is 2.